The summed E-state index contributed by atoms with van der Waals surface area (Å²) < 4.78 is 5.72. The van der Waals surface area contributed by atoms with E-state index in [4.69, 9.17) is 4.74 Å². The Kier molecular flexibility index (Phi) is 6.87. The Hall–Kier alpha value is -4.13. The first-order chi connectivity index (χ1) is 16.8. The molecule has 1 aliphatic rings. The lowest BCUT2D eigenvalue weighted by Gasteiger charge is -2.25. The molecule has 1 N–H and O–H groups in total. The number of aromatic nitrogens is 1. The minimum Gasteiger partial charge on any atom is -0.507 e. The minimum absolute atomic E-state index is 0.0236. The highest BCUT2D eigenvalue weighted by Crippen LogP contribution is 2.42. The summed E-state index contributed by atoms with van der Waals surface area (Å²) in [7, 11) is 3.85. The van der Waals surface area contributed by atoms with E-state index in [1.54, 1.807) is 60.9 Å². The molecule has 0 spiro atoms. The van der Waals surface area contributed by atoms with Gasteiger partial charge in [0.15, 0.2) is 0 Å². The highest BCUT2D eigenvalue weighted by atomic mass is 16.5. The molecule has 1 amide bonds. The van der Waals surface area contributed by atoms with E-state index < -0.39 is 17.7 Å². The monoisotopic (exact) mass is 471 g/mol. The van der Waals surface area contributed by atoms with Gasteiger partial charge in [-0.1, -0.05) is 19.9 Å². The number of ketones is 1. The van der Waals surface area contributed by atoms with Crippen LogP contribution in [-0.2, 0) is 9.59 Å². The molecule has 3 aromatic rings. The lowest BCUT2D eigenvalue weighted by molar-refractivity contribution is -0.132. The molecule has 1 fully saturated rings. The fraction of sp³-hybridized carbons (Fsp3) is 0.250. The fourth-order valence-electron chi connectivity index (χ4n) is 3.99. The van der Waals surface area contributed by atoms with Crippen molar-refractivity contribution in [1.82, 2.24) is 4.98 Å². The summed E-state index contributed by atoms with van der Waals surface area (Å²) in [6, 6.07) is 16.9. The zero-order valence-electron chi connectivity index (χ0n) is 20.3. The molecule has 0 saturated carbocycles. The van der Waals surface area contributed by atoms with Crippen LogP contribution in [0, 0.1) is 5.92 Å². The van der Waals surface area contributed by atoms with Crippen LogP contribution in [0.25, 0.3) is 5.76 Å². The van der Waals surface area contributed by atoms with Crippen molar-refractivity contribution in [3.63, 3.8) is 0 Å². The summed E-state index contributed by atoms with van der Waals surface area (Å²) in [5, 5.41) is 11.2. The topological polar surface area (TPSA) is 83.0 Å². The van der Waals surface area contributed by atoms with E-state index in [-0.39, 0.29) is 11.3 Å². The predicted molar refractivity (Wildman–Crippen MR) is 137 cm³/mol. The Morgan fingerprint density at radius 1 is 1.06 bits per heavy atom. The van der Waals surface area contributed by atoms with Gasteiger partial charge in [0.2, 0.25) is 0 Å². The smallest absolute Gasteiger partial charge is 0.300 e. The van der Waals surface area contributed by atoms with Crippen molar-refractivity contribution >= 4 is 28.8 Å². The van der Waals surface area contributed by atoms with Crippen molar-refractivity contribution in [2.45, 2.75) is 19.9 Å². The molecule has 1 atom stereocenters. The second kappa shape index (κ2) is 10.0. The normalized spacial score (nSPS) is 17.2. The van der Waals surface area contributed by atoms with Gasteiger partial charge in [0, 0.05) is 43.4 Å². The molecule has 0 bridgehead atoms. The zero-order chi connectivity index (χ0) is 25.1. The number of rotatable bonds is 7. The van der Waals surface area contributed by atoms with Crippen molar-refractivity contribution in [3.8, 4) is 5.75 Å². The maximum Gasteiger partial charge on any atom is 0.300 e. The number of pyridine rings is 1. The van der Waals surface area contributed by atoms with E-state index in [9.17, 15) is 14.7 Å². The van der Waals surface area contributed by atoms with Crippen molar-refractivity contribution in [2.24, 2.45) is 5.92 Å². The molecule has 4 rings (SSSR count). The quantitative estimate of drug-likeness (QED) is 0.303. The first-order valence-electron chi connectivity index (χ1n) is 11.5. The van der Waals surface area contributed by atoms with Crippen LogP contribution in [0.15, 0.2) is 78.6 Å². The number of benzene rings is 2. The Morgan fingerprint density at radius 2 is 1.74 bits per heavy atom. The number of hydrogen-bond donors (Lipinski definition) is 1. The summed E-state index contributed by atoms with van der Waals surface area (Å²) in [6.07, 6.45) is 3.23. The van der Waals surface area contributed by atoms with Gasteiger partial charge in [-0.3, -0.25) is 19.5 Å². The number of aliphatic hydroxyl groups is 1. The average molecular weight is 472 g/mol. The summed E-state index contributed by atoms with van der Waals surface area (Å²) in [5.74, 6) is -0.631. The molecule has 0 radical (unpaired) electrons. The number of ether oxygens (including phenoxy) is 1. The number of hydrogen-bond acceptors (Lipinski definition) is 6. The first-order valence-corrected chi connectivity index (χ1v) is 11.5. The molecular weight excluding hydrogens is 442 g/mol. The number of nitrogens with zero attached hydrogens (tertiary/aromatic N) is 3. The van der Waals surface area contributed by atoms with Gasteiger partial charge < -0.3 is 14.7 Å². The Balaban J connectivity index is 1.78. The Morgan fingerprint density at radius 3 is 2.31 bits per heavy atom. The van der Waals surface area contributed by atoms with Crippen molar-refractivity contribution in [2.75, 3.05) is 30.5 Å². The van der Waals surface area contributed by atoms with Gasteiger partial charge in [-0.2, -0.15) is 0 Å². The molecule has 180 valence electrons. The number of carbonyl (C=O) groups excluding carboxylic acids is 2. The molecule has 2 aromatic carbocycles. The lowest BCUT2D eigenvalue weighted by Crippen LogP contribution is -2.29. The molecule has 7 nitrogen and oxygen atoms in total. The summed E-state index contributed by atoms with van der Waals surface area (Å²) in [4.78, 5) is 34.0. The molecule has 1 aliphatic heterocycles. The Labute approximate surface area is 205 Å². The second-order valence-corrected chi connectivity index (χ2v) is 9.10. The minimum atomic E-state index is -0.814. The molecule has 1 aromatic heterocycles. The fourth-order valence-corrected chi connectivity index (χ4v) is 3.99. The largest absolute Gasteiger partial charge is 0.507 e. The maximum absolute atomic E-state index is 13.2. The van der Waals surface area contributed by atoms with Crippen LogP contribution >= 0.6 is 0 Å². The maximum atomic E-state index is 13.2. The number of carbonyl (C=O) groups is 2. The van der Waals surface area contributed by atoms with Gasteiger partial charge in [0.05, 0.1) is 18.2 Å². The average Bonchev–Trinajstić information content (AvgIpc) is 3.13. The van der Waals surface area contributed by atoms with Crippen molar-refractivity contribution < 1.29 is 19.4 Å². The van der Waals surface area contributed by atoms with Gasteiger partial charge >= 0.3 is 0 Å². The van der Waals surface area contributed by atoms with Gasteiger partial charge in [-0.05, 0) is 66.1 Å². The summed E-state index contributed by atoms with van der Waals surface area (Å²) in [6.45, 7) is 4.70. The lowest BCUT2D eigenvalue weighted by atomic mass is 9.96. The zero-order valence-corrected chi connectivity index (χ0v) is 20.3. The number of aliphatic hydroxyl groups excluding tert-OH is 1. The number of amides is 1. The van der Waals surface area contributed by atoms with E-state index in [1.807, 2.05) is 31.1 Å². The van der Waals surface area contributed by atoms with Crippen molar-refractivity contribution in [3.05, 3.63) is 89.8 Å². The molecule has 7 heteroatoms. The molecule has 35 heavy (non-hydrogen) atoms. The highest BCUT2D eigenvalue weighted by molar-refractivity contribution is 6.51. The number of anilines is 2. The molecular formula is C28H29N3O4. The summed E-state index contributed by atoms with van der Waals surface area (Å²) in [5.41, 5.74) is 2.60. The predicted octanol–water partition coefficient (Wildman–Crippen LogP) is 4.81. The van der Waals surface area contributed by atoms with E-state index in [0.717, 1.165) is 5.69 Å². The van der Waals surface area contributed by atoms with E-state index in [2.05, 4.69) is 18.8 Å². The number of Topliss-reactive ketones (excluding diaryl/α,β-unsaturated/α-hetero) is 1. The van der Waals surface area contributed by atoms with Crippen LogP contribution < -0.4 is 14.5 Å². The van der Waals surface area contributed by atoms with Crippen LogP contribution in [-0.4, -0.2) is 42.5 Å². The highest BCUT2D eigenvalue weighted by Gasteiger charge is 2.47. The van der Waals surface area contributed by atoms with E-state index in [1.165, 1.54) is 4.90 Å². The summed E-state index contributed by atoms with van der Waals surface area (Å²) >= 11 is 0. The third-order valence-electron chi connectivity index (χ3n) is 5.80. The second-order valence-electron chi connectivity index (χ2n) is 9.10. The first kappa shape index (κ1) is 24.0. The molecule has 1 saturated heterocycles. The third kappa shape index (κ3) is 4.89. The Bertz CT molecular complexity index is 1230. The molecule has 1 unspecified atom stereocenters. The van der Waals surface area contributed by atoms with Crippen molar-refractivity contribution in [1.29, 1.82) is 0 Å². The molecule has 0 aliphatic carbocycles. The standard InChI is InChI=1S/C28H29N3O4/c1-18(2)17-35-23-13-7-19(8-14-23)26(32)24-25(20-6-5-15-29-16-20)31(28(34)27(24)33)22-11-9-21(10-12-22)30(3)4/h5-16,18,25,32H,17H2,1-4H3/b26-24+. The van der Waals surface area contributed by atoms with Crippen LogP contribution in [0.4, 0.5) is 11.4 Å². The van der Waals surface area contributed by atoms with Crippen LogP contribution in [0.3, 0.4) is 0 Å². The van der Waals surface area contributed by atoms with E-state index >= 15 is 0 Å². The molecule has 2 heterocycles. The van der Waals surface area contributed by atoms with Gasteiger partial charge in [0.25, 0.3) is 11.7 Å². The van der Waals surface area contributed by atoms with Crippen LogP contribution in [0.5, 0.6) is 5.75 Å². The SMILES string of the molecule is CC(C)COc1ccc(/C(O)=C2\C(=O)C(=O)N(c3ccc(N(C)C)cc3)C2c2cccnc2)cc1. The van der Waals surface area contributed by atoms with Gasteiger partial charge in [-0.15, -0.1) is 0 Å². The van der Waals surface area contributed by atoms with E-state index in [0.29, 0.717) is 35.1 Å². The van der Waals surface area contributed by atoms with Crippen LogP contribution in [0.2, 0.25) is 0 Å². The third-order valence-corrected chi connectivity index (χ3v) is 5.80. The van der Waals surface area contributed by atoms with Gasteiger partial charge in [0.1, 0.15) is 11.5 Å². The van der Waals surface area contributed by atoms with Gasteiger partial charge in [-0.25, -0.2) is 0 Å². The van der Waals surface area contributed by atoms with Crippen LogP contribution in [0.1, 0.15) is 31.0 Å².